The van der Waals surface area contributed by atoms with Crippen LogP contribution in [0.1, 0.15) is 2.74 Å². The van der Waals surface area contributed by atoms with Gasteiger partial charge in [-0.1, -0.05) is 146 Å². The third kappa shape index (κ3) is 3.65. The van der Waals surface area contributed by atoms with Crippen molar-refractivity contribution in [2.24, 2.45) is 0 Å². The predicted octanol–water partition coefficient (Wildman–Crippen LogP) is 12.0. The van der Waals surface area contributed by atoms with E-state index in [1.54, 1.807) is 0 Å². The summed E-state index contributed by atoms with van der Waals surface area (Å²) in [6.07, 6.45) is 0. The molecule has 43 heavy (non-hydrogen) atoms. The van der Waals surface area contributed by atoms with Crippen LogP contribution in [0.4, 0.5) is 0 Å². The minimum Gasteiger partial charge on any atom is -0.455 e. The summed E-state index contributed by atoms with van der Waals surface area (Å²) in [5.74, 6) is 0. The fourth-order valence-electron chi connectivity index (χ4n) is 6.77. The van der Waals surface area contributed by atoms with E-state index in [0.717, 1.165) is 82.1 Å². The summed E-state index contributed by atoms with van der Waals surface area (Å²) < 4.78 is 25.0. The van der Waals surface area contributed by atoms with Gasteiger partial charge in [0.1, 0.15) is 11.2 Å². The van der Waals surface area contributed by atoms with E-state index >= 15 is 0 Å². The van der Waals surface area contributed by atoms with Crippen molar-refractivity contribution in [1.82, 2.24) is 0 Å². The maximum Gasteiger partial charge on any atom is 0.143 e. The zero-order valence-electron chi connectivity index (χ0n) is 25.3. The minimum absolute atomic E-state index is 0.346. The monoisotopic (exact) mass is 548 g/mol. The van der Waals surface area contributed by atoms with E-state index in [2.05, 4.69) is 103 Å². The molecule has 0 bridgehead atoms. The Morgan fingerprint density at radius 2 is 0.977 bits per heavy atom. The zero-order valence-corrected chi connectivity index (χ0v) is 23.3. The Morgan fingerprint density at radius 1 is 0.395 bits per heavy atom. The molecule has 0 unspecified atom stereocenters. The third-order valence-corrected chi connectivity index (χ3v) is 8.69. The van der Waals surface area contributed by atoms with Crippen LogP contribution in [-0.4, -0.2) is 0 Å². The molecule has 0 amide bonds. The van der Waals surface area contributed by atoms with E-state index in [1.165, 1.54) is 0 Å². The van der Waals surface area contributed by atoms with Crippen molar-refractivity contribution in [3.63, 3.8) is 0 Å². The summed E-state index contributed by atoms with van der Waals surface area (Å²) in [4.78, 5) is 0. The Bertz CT molecular complexity index is 2530. The topological polar surface area (TPSA) is 13.1 Å². The minimum atomic E-state index is 0.346. The van der Waals surface area contributed by atoms with Crippen LogP contribution in [-0.2, 0) is 0 Å². The molecule has 1 heteroatoms. The second kappa shape index (κ2) is 9.44. The Morgan fingerprint density at radius 3 is 1.67 bits per heavy atom. The highest BCUT2D eigenvalue weighted by Crippen LogP contribution is 2.47. The van der Waals surface area contributed by atoms with Crippen molar-refractivity contribution in [2.75, 3.05) is 0 Å². The lowest BCUT2D eigenvalue weighted by molar-refractivity contribution is 0.673. The Hall–Kier alpha value is -5.66. The molecule has 1 nitrogen and oxygen atoms in total. The molecule has 8 aromatic carbocycles. The first-order valence-corrected chi connectivity index (χ1v) is 14.6. The molecule has 0 aliphatic rings. The summed E-state index contributed by atoms with van der Waals surface area (Å²) in [5.41, 5.74) is 7.45. The number of hydrogen-bond donors (Lipinski definition) is 0. The SMILES string of the molecule is [2H]c1cc(-c2ccccc2)cc([2H])c1-c1c2ccccc2c(-c2cccc3oc4c5ccccc5ccc4c23)c2ccccc12. The lowest BCUT2D eigenvalue weighted by Gasteiger charge is -2.18. The van der Waals surface area contributed by atoms with Gasteiger partial charge in [0.15, 0.2) is 0 Å². The molecule has 0 spiro atoms. The molecular weight excluding hydrogens is 520 g/mol. The maximum atomic E-state index is 9.22. The number of rotatable bonds is 3. The van der Waals surface area contributed by atoms with E-state index in [1.807, 2.05) is 42.5 Å². The molecule has 0 aliphatic carbocycles. The second-order valence-corrected chi connectivity index (χ2v) is 11.1. The molecule has 1 heterocycles. The van der Waals surface area contributed by atoms with Gasteiger partial charge in [-0.05, 0) is 72.4 Å². The molecule has 1 aromatic heterocycles. The maximum absolute atomic E-state index is 9.22. The van der Waals surface area contributed by atoms with Gasteiger partial charge in [0.05, 0.1) is 2.74 Å². The van der Waals surface area contributed by atoms with Gasteiger partial charge in [0, 0.05) is 16.2 Å². The van der Waals surface area contributed by atoms with Crippen LogP contribution in [0.2, 0.25) is 0 Å². The zero-order chi connectivity index (χ0) is 30.1. The molecule has 0 atom stereocenters. The number of hydrogen-bond acceptors (Lipinski definition) is 1. The Labute approximate surface area is 252 Å². The highest BCUT2D eigenvalue weighted by molar-refractivity contribution is 6.27. The van der Waals surface area contributed by atoms with Crippen molar-refractivity contribution in [3.8, 4) is 33.4 Å². The van der Waals surface area contributed by atoms with Crippen molar-refractivity contribution >= 4 is 54.3 Å². The van der Waals surface area contributed by atoms with Crippen LogP contribution in [0.25, 0.3) is 87.6 Å². The van der Waals surface area contributed by atoms with Crippen LogP contribution < -0.4 is 0 Å². The summed E-state index contributed by atoms with van der Waals surface area (Å²) in [5, 5.41) is 8.66. The lowest BCUT2D eigenvalue weighted by atomic mass is 9.84. The normalized spacial score (nSPS) is 12.4. The highest BCUT2D eigenvalue weighted by atomic mass is 16.3. The molecule has 200 valence electrons. The summed E-state index contributed by atoms with van der Waals surface area (Å²) in [7, 11) is 0. The molecule has 9 rings (SSSR count). The van der Waals surface area contributed by atoms with Crippen LogP contribution in [0.3, 0.4) is 0 Å². The fraction of sp³-hybridized carbons (Fsp3) is 0. The average molecular weight is 549 g/mol. The summed E-state index contributed by atoms with van der Waals surface area (Å²) >= 11 is 0. The molecule has 0 saturated heterocycles. The quantitative estimate of drug-likeness (QED) is 0.200. The van der Waals surface area contributed by atoms with Crippen molar-refractivity contribution in [2.45, 2.75) is 0 Å². The smallest absolute Gasteiger partial charge is 0.143 e. The van der Waals surface area contributed by atoms with E-state index in [0.29, 0.717) is 17.6 Å². The number of furan rings is 1. The van der Waals surface area contributed by atoms with Crippen LogP contribution in [0, 0.1) is 0 Å². The second-order valence-electron chi connectivity index (χ2n) is 11.1. The van der Waals surface area contributed by atoms with Crippen molar-refractivity contribution in [1.29, 1.82) is 0 Å². The van der Waals surface area contributed by atoms with E-state index in [-0.39, 0.29) is 0 Å². The first kappa shape index (κ1) is 22.0. The molecule has 0 saturated carbocycles. The van der Waals surface area contributed by atoms with Gasteiger partial charge in [-0.15, -0.1) is 0 Å². The Balaban J connectivity index is 1.39. The van der Waals surface area contributed by atoms with Crippen LogP contribution in [0.15, 0.2) is 162 Å². The van der Waals surface area contributed by atoms with E-state index in [9.17, 15) is 2.74 Å². The largest absolute Gasteiger partial charge is 0.455 e. The summed E-state index contributed by atoms with van der Waals surface area (Å²) in [6, 6.07) is 50.4. The van der Waals surface area contributed by atoms with Gasteiger partial charge >= 0.3 is 0 Å². The lowest BCUT2D eigenvalue weighted by Crippen LogP contribution is -1.91. The molecule has 0 fully saturated rings. The third-order valence-electron chi connectivity index (χ3n) is 8.69. The van der Waals surface area contributed by atoms with Crippen LogP contribution in [0.5, 0.6) is 0 Å². The Kier molecular flexibility index (Phi) is 4.83. The van der Waals surface area contributed by atoms with E-state index in [4.69, 9.17) is 4.42 Å². The van der Waals surface area contributed by atoms with Gasteiger partial charge in [-0.3, -0.25) is 0 Å². The molecule has 0 aliphatic heterocycles. The average Bonchev–Trinajstić information content (AvgIpc) is 3.48. The van der Waals surface area contributed by atoms with Crippen LogP contribution >= 0.6 is 0 Å². The van der Waals surface area contributed by atoms with Crippen molar-refractivity contribution in [3.05, 3.63) is 158 Å². The predicted molar refractivity (Wildman–Crippen MR) is 183 cm³/mol. The standard InChI is InChI=1S/C42H26O/c1-2-11-27(12-3-1)28-21-23-30(24-22-28)39-32-15-6-8-17-34(32)40(35-18-9-7-16-33(35)39)36-19-10-20-38-41(36)37-26-25-29-13-4-5-14-31(29)42(37)43-38/h1-26H/i23D,24D. The number of benzene rings is 8. The van der Waals surface area contributed by atoms with Crippen molar-refractivity contribution < 1.29 is 7.16 Å². The highest BCUT2D eigenvalue weighted by Gasteiger charge is 2.20. The molecular formula is C42H26O. The summed E-state index contributed by atoms with van der Waals surface area (Å²) in [6.45, 7) is 0. The van der Waals surface area contributed by atoms with Gasteiger partial charge in [0.25, 0.3) is 0 Å². The first-order chi connectivity index (χ1) is 22.2. The van der Waals surface area contributed by atoms with Gasteiger partial charge in [-0.25, -0.2) is 0 Å². The number of fused-ring (bicyclic) bond motifs is 7. The molecule has 0 N–H and O–H groups in total. The van der Waals surface area contributed by atoms with Gasteiger partial charge in [-0.2, -0.15) is 0 Å². The fourth-order valence-corrected chi connectivity index (χ4v) is 6.77. The van der Waals surface area contributed by atoms with Gasteiger partial charge in [0.2, 0.25) is 0 Å². The van der Waals surface area contributed by atoms with E-state index < -0.39 is 0 Å². The van der Waals surface area contributed by atoms with Gasteiger partial charge < -0.3 is 4.42 Å². The molecule has 9 aromatic rings. The first-order valence-electron chi connectivity index (χ1n) is 15.6. The molecule has 0 radical (unpaired) electrons.